The summed E-state index contributed by atoms with van der Waals surface area (Å²) in [5.41, 5.74) is -0.518. The number of hydrogen-bond acceptors (Lipinski definition) is 5. The van der Waals surface area contributed by atoms with Crippen LogP contribution >= 0.6 is 22.7 Å². The number of hydrogen-bond donors (Lipinski definition) is 1. The monoisotopic (exact) mass is 266 g/mol. The van der Waals surface area contributed by atoms with Crippen molar-refractivity contribution in [2.75, 3.05) is 0 Å². The SMILES string of the molecule is OC(c1cncs1)(c1cncs1)C(F)(F)F. The first-order valence-electron chi connectivity index (χ1n) is 4.03. The summed E-state index contributed by atoms with van der Waals surface area (Å²) < 4.78 is 38.8. The van der Waals surface area contributed by atoms with Gasteiger partial charge in [-0.25, -0.2) is 0 Å². The zero-order valence-corrected chi connectivity index (χ0v) is 9.23. The number of aliphatic hydroxyl groups is 1. The maximum absolute atomic E-state index is 12.9. The Kier molecular flexibility index (Phi) is 2.72. The van der Waals surface area contributed by atoms with Crippen molar-refractivity contribution in [1.82, 2.24) is 9.97 Å². The van der Waals surface area contributed by atoms with E-state index < -0.39 is 11.8 Å². The Balaban J connectivity index is 2.59. The van der Waals surface area contributed by atoms with Crippen LogP contribution in [0.15, 0.2) is 23.4 Å². The first-order valence-corrected chi connectivity index (χ1v) is 5.79. The maximum Gasteiger partial charge on any atom is 0.427 e. The van der Waals surface area contributed by atoms with E-state index in [1.807, 2.05) is 0 Å². The second kappa shape index (κ2) is 3.79. The number of halogens is 3. The van der Waals surface area contributed by atoms with E-state index in [4.69, 9.17) is 0 Å². The predicted octanol–water partition coefficient (Wildman–Crippen LogP) is 2.40. The van der Waals surface area contributed by atoms with Crippen molar-refractivity contribution < 1.29 is 18.3 Å². The fourth-order valence-corrected chi connectivity index (χ4v) is 2.76. The van der Waals surface area contributed by atoms with Crippen molar-refractivity contribution in [2.45, 2.75) is 11.8 Å². The van der Waals surface area contributed by atoms with Crippen molar-refractivity contribution in [3.05, 3.63) is 33.2 Å². The number of thiazole rings is 2. The number of nitrogens with zero attached hydrogens (tertiary/aromatic N) is 2. The van der Waals surface area contributed by atoms with Crippen molar-refractivity contribution >= 4 is 22.7 Å². The molecule has 0 aromatic carbocycles. The average molecular weight is 266 g/mol. The van der Waals surface area contributed by atoms with Crippen molar-refractivity contribution in [3.63, 3.8) is 0 Å². The molecule has 86 valence electrons. The van der Waals surface area contributed by atoms with Gasteiger partial charge in [-0.1, -0.05) is 0 Å². The molecule has 2 rings (SSSR count). The molecule has 0 fully saturated rings. The Bertz CT molecular complexity index is 418. The molecule has 0 aliphatic rings. The Labute approximate surface area is 96.2 Å². The van der Waals surface area contributed by atoms with E-state index in [1.165, 1.54) is 11.0 Å². The Morgan fingerprint density at radius 2 is 1.44 bits per heavy atom. The van der Waals surface area contributed by atoms with Gasteiger partial charge in [0.05, 0.1) is 20.8 Å². The largest absolute Gasteiger partial charge is 0.427 e. The standard InChI is InChI=1S/C8H5F3N2OS2/c9-8(10,11)7(14,5-1-12-3-15-5)6-2-13-4-16-6/h1-4,14H. The highest BCUT2D eigenvalue weighted by molar-refractivity contribution is 7.11. The molecule has 0 radical (unpaired) electrons. The fraction of sp³-hybridized carbons (Fsp3) is 0.250. The molecule has 0 spiro atoms. The van der Waals surface area contributed by atoms with E-state index in [9.17, 15) is 18.3 Å². The van der Waals surface area contributed by atoms with Crippen LogP contribution in [0, 0.1) is 0 Å². The molecule has 16 heavy (non-hydrogen) atoms. The number of rotatable bonds is 2. The normalized spacial score (nSPS) is 13.0. The van der Waals surface area contributed by atoms with E-state index in [1.54, 1.807) is 0 Å². The Morgan fingerprint density at radius 3 is 1.69 bits per heavy atom. The van der Waals surface area contributed by atoms with Gasteiger partial charge in [-0.05, 0) is 0 Å². The van der Waals surface area contributed by atoms with Gasteiger partial charge in [-0.15, -0.1) is 22.7 Å². The summed E-state index contributed by atoms with van der Waals surface area (Å²) in [4.78, 5) is 6.59. The van der Waals surface area contributed by atoms with Gasteiger partial charge < -0.3 is 5.11 Å². The minimum absolute atomic E-state index is 0.260. The molecule has 8 heteroatoms. The molecular weight excluding hydrogens is 261 g/mol. The molecule has 0 bridgehead atoms. The summed E-state index contributed by atoms with van der Waals surface area (Å²) >= 11 is 1.51. The van der Waals surface area contributed by atoms with Gasteiger partial charge in [0.1, 0.15) is 0 Å². The van der Waals surface area contributed by atoms with E-state index >= 15 is 0 Å². The molecule has 0 unspecified atom stereocenters. The summed E-state index contributed by atoms with van der Waals surface area (Å²) in [6.45, 7) is 0. The van der Waals surface area contributed by atoms with Gasteiger partial charge in [-0.2, -0.15) is 13.2 Å². The van der Waals surface area contributed by atoms with Crippen LogP contribution in [-0.2, 0) is 5.60 Å². The average Bonchev–Trinajstić information content (AvgIpc) is 2.88. The molecule has 1 N–H and O–H groups in total. The molecule has 2 aromatic rings. The highest BCUT2D eigenvalue weighted by Gasteiger charge is 2.58. The van der Waals surface area contributed by atoms with Crippen LogP contribution < -0.4 is 0 Å². The minimum atomic E-state index is -4.80. The molecule has 0 atom stereocenters. The topological polar surface area (TPSA) is 46.0 Å². The molecule has 0 aliphatic heterocycles. The highest BCUT2D eigenvalue weighted by Crippen LogP contribution is 2.46. The van der Waals surface area contributed by atoms with E-state index in [0.29, 0.717) is 0 Å². The molecule has 0 saturated heterocycles. The van der Waals surface area contributed by atoms with Crippen molar-refractivity contribution in [2.24, 2.45) is 0 Å². The zero-order chi connectivity index (χ0) is 11.8. The second-order valence-corrected chi connectivity index (χ2v) is 4.71. The third-order valence-corrected chi connectivity index (χ3v) is 3.75. The lowest BCUT2D eigenvalue weighted by Gasteiger charge is -2.27. The molecule has 2 heterocycles. The minimum Gasteiger partial charge on any atom is -0.371 e. The van der Waals surface area contributed by atoms with Gasteiger partial charge in [0.25, 0.3) is 0 Å². The first-order chi connectivity index (χ1) is 7.46. The quantitative estimate of drug-likeness (QED) is 0.907. The van der Waals surface area contributed by atoms with Crippen LogP contribution in [0.3, 0.4) is 0 Å². The maximum atomic E-state index is 12.9. The molecule has 0 aliphatic carbocycles. The molecule has 2 aromatic heterocycles. The van der Waals surface area contributed by atoms with Crippen molar-refractivity contribution in [3.8, 4) is 0 Å². The third-order valence-electron chi connectivity index (χ3n) is 1.99. The molecule has 0 amide bonds. The van der Waals surface area contributed by atoms with Crippen LogP contribution in [0.25, 0.3) is 0 Å². The van der Waals surface area contributed by atoms with Crippen LogP contribution in [-0.4, -0.2) is 21.3 Å². The second-order valence-electron chi connectivity index (χ2n) is 2.94. The van der Waals surface area contributed by atoms with Crippen LogP contribution in [0.5, 0.6) is 0 Å². The van der Waals surface area contributed by atoms with Crippen LogP contribution in [0.1, 0.15) is 9.75 Å². The number of alkyl halides is 3. The molecular formula is C8H5F3N2OS2. The van der Waals surface area contributed by atoms with Crippen LogP contribution in [0.4, 0.5) is 13.2 Å². The Morgan fingerprint density at radius 1 is 1.00 bits per heavy atom. The van der Waals surface area contributed by atoms with E-state index in [-0.39, 0.29) is 9.75 Å². The summed E-state index contributed by atoms with van der Waals surface area (Å²) in [6.07, 6.45) is -2.78. The first kappa shape index (κ1) is 11.5. The van der Waals surface area contributed by atoms with Gasteiger partial charge >= 0.3 is 6.18 Å². The third kappa shape index (κ3) is 1.62. The smallest absolute Gasteiger partial charge is 0.371 e. The fourth-order valence-electron chi connectivity index (χ4n) is 1.19. The van der Waals surface area contributed by atoms with Crippen LogP contribution in [0.2, 0.25) is 0 Å². The lowest BCUT2D eigenvalue weighted by atomic mass is 10.0. The van der Waals surface area contributed by atoms with Gasteiger partial charge in [0.2, 0.25) is 5.60 Å². The lowest BCUT2D eigenvalue weighted by Crippen LogP contribution is -2.42. The van der Waals surface area contributed by atoms with E-state index in [0.717, 1.165) is 35.1 Å². The summed E-state index contributed by atoms with van der Waals surface area (Å²) in [5, 5.41) is 9.88. The van der Waals surface area contributed by atoms with Gasteiger partial charge in [-0.3, -0.25) is 9.97 Å². The summed E-state index contributed by atoms with van der Waals surface area (Å²) in [6, 6.07) is 0. The number of aromatic nitrogens is 2. The molecule has 3 nitrogen and oxygen atoms in total. The Hall–Kier alpha value is -0.990. The molecule has 0 saturated carbocycles. The summed E-state index contributed by atoms with van der Waals surface area (Å²) in [5.74, 6) is 0. The summed E-state index contributed by atoms with van der Waals surface area (Å²) in [7, 11) is 0. The predicted molar refractivity (Wildman–Crippen MR) is 53.3 cm³/mol. The van der Waals surface area contributed by atoms with E-state index in [2.05, 4.69) is 9.97 Å². The lowest BCUT2D eigenvalue weighted by molar-refractivity contribution is -0.245. The van der Waals surface area contributed by atoms with Crippen molar-refractivity contribution in [1.29, 1.82) is 0 Å². The highest BCUT2D eigenvalue weighted by atomic mass is 32.1. The zero-order valence-electron chi connectivity index (χ0n) is 7.60. The van der Waals surface area contributed by atoms with Gasteiger partial charge in [0, 0.05) is 12.4 Å². The van der Waals surface area contributed by atoms with Gasteiger partial charge in [0.15, 0.2) is 0 Å².